The molecule has 0 unspecified atom stereocenters. The molecule has 2 N–H and O–H groups in total. The van der Waals surface area contributed by atoms with E-state index in [2.05, 4.69) is 73.4 Å². The van der Waals surface area contributed by atoms with Gasteiger partial charge in [-0.2, -0.15) is 5.10 Å². The third kappa shape index (κ3) is 7.77. The fraction of sp³-hybridized carbons (Fsp3) is 0.444. The summed E-state index contributed by atoms with van der Waals surface area (Å²) in [7, 11) is 0. The molecule has 0 aliphatic heterocycles. The van der Waals surface area contributed by atoms with Gasteiger partial charge in [0.2, 0.25) is 0 Å². The number of aliphatic imine (C=N–C) groups is 1. The van der Waals surface area contributed by atoms with Crippen LogP contribution in [-0.2, 0) is 13.1 Å². The van der Waals surface area contributed by atoms with Gasteiger partial charge in [-0.15, -0.1) is 24.0 Å². The first kappa shape index (κ1) is 22.0. The maximum absolute atomic E-state index is 4.64. The summed E-state index contributed by atoms with van der Waals surface area (Å²) in [5, 5.41) is 11.2. The highest BCUT2D eigenvalue weighted by Crippen LogP contribution is 2.12. The number of aromatic nitrogens is 2. The average Bonchev–Trinajstić information content (AvgIpc) is 2.87. The van der Waals surface area contributed by atoms with E-state index in [-0.39, 0.29) is 24.0 Å². The van der Waals surface area contributed by atoms with Crippen LogP contribution in [0.5, 0.6) is 0 Å². The highest BCUT2D eigenvalue weighted by atomic mass is 127. The van der Waals surface area contributed by atoms with Crippen molar-refractivity contribution in [3.05, 3.63) is 51.8 Å². The summed E-state index contributed by atoms with van der Waals surface area (Å²) in [4.78, 5) is 4.64. The molecule has 0 aliphatic rings. The molecule has 0 bridgehead atoms. The molecule has 0 aliphatic carbocycles. The predicted molar refractivity (Wildman–Crippen MR) is 119 cm³/mol. The molecule has 1 aromatic carbocycles. The van der Waals surface area contributed by atoms with Crippen molar-refractivity contribution in [3.8, 4) is 0 Å². The molecule has 0 radical (unpaired) electrons. The van der Waals surface area contributed by atoms with Crippen molar-refractivity contribution in [1.82, 2.24) is 20.4 Å². The van der Waals surface area contributed by atoms with Crippen molar-refractivity contribution < 1.29 is 0 Å². The van der Waals surface area contributed by atoms with Gasteiger partial charge < -0.3 is 10.6 Å². The van der Waals surface area contributed by atoms with E-state index in [1.807, 2.05) is 19.1 Å². The molecule has 0 saturated heterocycles. The lowest BCUT2D eigenvalue weighted by Crippen LogP contribution is -2.38. The van der Waals surface area contributed by atoms with E-state index in [0.717, 1.165) is 42.2 Å². The molecule has 5 nitrogen and oxygen atoms in total. The van der Waals surface area contributed by atoms with Crippen LogP contribution < -0.4 is 10.6 Å². The van der Waals surface area contributed by atoms with Gasteiger partial charge in [0.1, 0.15) is 0 Å². The Labute approximate surface area is 175 Å². The van der Waals surface area contributed by atoms with E-state index in [0.29, 0.717) is 6.54 Å². The zero-order valence-corrected chi connectivity index (χ0v) is 19.0. The van der Waals surface area contributed by atoms with E-state index in [1.54, 1.807) is 0 Å². The number of hydrogen-bond acceptors (Lipinski definition) is 2. The van der Waals surface area contributed by atoms with Crippen molar-refractivity contribution in [2.75, 3.05) is 13.1 Å². The molecule has 2 rings (SSSR count). The molecular weight excluding hydrogens is 493 g/mol. The second kappa shape index (κ2) is 11.5. The SMILES string of the molecule is CCNC(=NCc1cccc(Br)c1)NCCCn1nc(C)cc1C.I. The van der Waals surface area contributed by atoms with Gasteiger partial charge >= 0.3 is 0 Å². The quantitative estimate of drug-likeness (QED) is 0.251. The highest BCUT2D eigenvalue weighted by molar-refractivity contribution is 14.0. The topological polar surface area (TPSA) is 54.2 Å². The minimum Gasteiger partial charge on any atom is -0.357 e. The van der Waals surface area contributed by atoms with Gasteiger partial charge in [0, 0.05) is 29.8 Å². The van der Waals surface area contributed by atoms with Crippen LogP contribution in [-0.4, -0.2) is 28.8 Å². The van der Waals surface area contributed by atoms with E-state index < -0.39 is 0 Å². The number of guanidine groups is 1. The number of halogens is 2. The van der Waals surface area contributed by atoms with E-state index in [1.165, 1.54) is 11.3 Å². The molecule has 138 valence electrons. The molecule has 0 atom stereocenters. The lowest BCUT2D eigenvalue weighted by molar-refractivity contribution is 0.555. The van der Waals surface area contributed by atoms with Crippen molar-refractivity contribution >= 4 is 45.9 Å². The molecule has 7 heteroatoms. The fourth-order valence-corrected chi connectivity index (χ4v) is 2.93. The first-order chi connectivity index (χ1) is 11.6. The molecule has 0 spiro atoms. The molecule has 25 heavy (non-hydrogen) atoms. The lowest BCUT2D eigenvalue weighted by Gasteiger charge is -2.12. The van der Waals surface area contributed by atoms with Crippen LogP contribution >= 0.6 is 39.9 Å². The Kier molecular flexibility index (Phi) is 10.1. The number of benzene rings is 1. The van der Waals surface area contributed by atoms with Crippen LogP contribution in [0.4, 0.5) is 0 Å². The Morgan fingerprint density at radius 2 is 2.04 bits per heavy atom. The molecule has 2 aromatic rings. The minimum atomic E-state index is 0. The Hall–Kier alpha value is -1.09. The van der Waals surface area contributed by atoms with Gasteiger partial charge in [-0.25, -0.2) is 4.99 Å². The average molecular weight is 520 g/mol. The van der Waals surface area contributed by atoms with Crippen molar-refractivity contribution in [3.63, 3.8) is 0 Å². The first-order valence-corrected chi connectivity index (χ1v) is 9.15. The van der Waals surface area contributed by atoms with Gasteiger partial charge in [-0.3, -0.25) is 4.68 Å². The number of hydrogen-bond donors (Lipinski definition) is 2. The maximum atomic E-state index is 4.64. The molecule has 0 fully saturated rings. The molecule has 1 heterocycles. The number of nitrogens with zero attached hydrogens (tertiary/aromatic N) is 3. The van der Waals surface area contributed by atoms with Crippen LogP contribution in [0.15, 0.2) is 39.8 Å². The van der Waals surface area contributed by atoms with E-state index >= 15 is 0 Å². The fourth-order valence-electron chi connectivity index (χ4n) is 2.48. The smallest absolute Gasteiger partial charge is 0.191 e. The summed E-state index contributed by atoms with van der Waals surface area (Å²) < 4.78 is 3.14. The van der Waals surface area contributed by atoms with Crippen LogP contribution in [0.2, 0.25) is 0 Å². The van der Waals surface area contributed by atoms with E-state index in [9.17, 15) is 0 Å². The maximum Gasteiger partial charge on any atom is 0.191 e. The second-order valence-electron chi connectivity index (χ2n) is 5.76. The predicted octanol–water partition coefficient (Wildman–Crippen LogP) is 4.03. The summed E-state index contributed by atoms with van der Waals surface area (Å²) in [5.41, 5.74) is 3.47. The summed E-state index contributed by atoms with van der Waals surface area (Å²) in [5.74, 6) is 0.853. The minimum absolute atomic E-state index is 0. The Morgan fingerprint density at radius 3 is 2.68 bits per heavy atom. The monoisotopic (exact) mass is 519 g/mol. The Bertz CT molecular complexity index is 684. The van der Waals surface area contributed by atoms with Crippen LogP contribution in [0.1, 0.15) is 30.3 Å². The van der Waals surface area contributed by atoms with Gasteiger partial charge in [0.15, 0.2) is 5.96 Å². The molecular formula is C18H27BrIN5. The summed E-state index contributed by atoms with van der Waals surface area (Å²) in [6.07, 6.45) is 1.00. The van der Waals surface area contributed by atoms with Crippen molar-refractivity contribution in [2.45, 2.75) is 40.3 Å². The first-order valence-electron chi connectivity index (χ1n) is 8.36. The third-order valence-electron chi connectivity index (χ3n) is 3.60. The van der Waals surface area contributed by atoms with Gasteiger partial charge in [-0.05, 0) is 51.0 Å². The summed E-state index contributed by atoms with van der Waals surface area (Å²) in [6.45, 7) is 9.48. The van der Waals surface area contributed by atoms with Crippen molar-refractivity contribution in [1.29, 1.82) is 0 Å². The Balaban J connectivity index is 0.00000312. The second-order valence-corrected chi connectivity index (χ2v) is 6.67. The van der Waals surface area contributed by atoms with Crippen molar-refractivity contribution in [2.24, 2.45) is 4.99 Å². The zero-order chi connectivity index (χ0) is 17.4. The molecule has 1 aromatic heterocycles. The lowest BCUT2D eigenvalue weighted by atomic mass is 10.2. The molecule has 0 saturated carbocycles. The van der Waals surface area contributed by atoms with Crippen LogP contribution in [0, 0.1) is 13.8 Å². The van der Waals surface area contributed by atoms with Gasteiger partial charge in [0.25, 0.3) is 0 Å². The Morgan fingerprint density at radius 1 is 1.24 bits per heavy atom. The number of rotatable bonds is 7. The largest absolute Gasteiger partial charge is 0.357 e. The zero-order valence-electron chi connectivity index (χ0n) is 15.1. The van der Waals surface area contributed by atoms with Gasteiger partial charge in [-0.1, -0.05) is 28.1 Å². The third-order valence-corrected chi connectivity index (χ3v) is 4.09. The van der Waals surface area contributed by atoms with E-state index in [4.69, 9.17) is 0 Å². The summed E-state index contributed by atoms with van der Waals surface area (Å²) >= 11 is 3.49. The van der Waals surface area contributed by atoms with Crippen LogP contribution in [0.3, 0.4) is 0 Å². The molecule has 0 amide bonds. The number of nitrogens with one attached hydrogen (secondary N) is 2. The number of aryl methyl sites for hydroxylation is 3. The standard InChI is InChI=1S/C18H26BrN5.HI/c1-4-20-18(22-13-16-7-5-8-17(19)12-16)21-9-6-10-24-15(3)11-14(2)23-24;/h5,7-8,11-12H,4,6,9-10,13H2,1-3H3,(H2,20,21,22);1H. The highest BCUT2D eigenvalue weighted by Gasteiger charge is 2.01. The van der Waals surface area contributed by atoms with Gasteiger partial charge in [0.05, 0.1) is 12.2 Å². The van der Waals surface area contributed by atoms with Crippen LogP contribution in [0.25, 0.3) is 0 Å². The normalized spacial score (nSPS) is 11.1. The summed E-state index contributed by atoms with van der Waals surface area (Å²) in [6, 6.07) is 10.3.